The van der Waals surface area contributed by atoms with Gasteiger partial charge in [-0.2, -0.15) is 0 Å². The molecule has 0 heterocycles. The van der Waals surface area contributed by atoms with Gasteiger partial charge in [0, 0.05) is 10.6 Å². The number of carbonyl (C=O) groups excluding carboxylic acids is 2. The molecular formula is C21H23ClN2O4S. The monoisotopic (exact) mass is 434 g/mol. The second-order valence-electron chi connectivity index (χ2n) is 7.12. The fourth-order valence-electron chi connectivity index (χ4n) is 3.59. The standard InChI is InChI=1S/C21H23ClN2O4S/c1-2-15-5-7-16(8-6-15)19(25)23-24-20(26)21(13-3-4-14-21)29(27,28)18-11-9-17(22)10-12-18/h5-12H,2-4,13-14H2,1H3,(H,23,25)(H,24,26). The molecule has 0 aliphatic heterocycles. The highest BCUT2D eigenvalue weighted by Crippen LogP contribution is 2.40. The molecule has 6 nitrogen and oxygen atoms in total. The van der Waals surface area contributed by atoms with Crippen LogP contribution in [-0.2, 0) is 21.1 Å². The number of carbonyl (C=O) groups is 2. The van der Waals surface area contributed by atoms with Gasteiger partial charge in [-0.15, -0.1) is 0 Å². The average Bonchev–Trinajstić information content (AvgIpc) is 3.24. The van der Waals surface area contributed by atoms with Crippen molar-refractivity contribution in [2.24, 2.45) is 0 Å². The molecule has 0 radical (unpaired) electrons. The SMILES string of the molecule is CCc1ccc(C(=O)NNC(=O)C2(S(=O)(=O)c3ccc(Cl)cc3)CCCC2)cc1. The first-order chi connectivity index (χ1) is 13.8. The number of rotatable bonds is 5. The number of halogens is 1. The Kier molecular flexibility index (Phi) is 6.29. The summed E-state index contributed by atoms with van der Waals surface area (Å²) >= 11 is 5.86. The lowest BCUT2D eigenvalue weighted by Crippen LogP contribution is -2.55. The molecular weight excluding hydrogens is 412 g/mol. The normalized spacial score (nSPS) is 15.7. The molecule has 2 aromatic rings. The van der Waals surface area contributed by atoms with Gasteiger partial charge in [0.2, 0.25) is 0 Å². The molecule has 154 valence electrons. The van der Waals surface area contributed by atoms with Crippen molar-refractivity contribution in [3.05, 3.63) is 64.7 Å². The Balaban J connectivity index is 1.78. The molecule has 8 heteroatoms. The van der Waals surface area contributed by atoms with Crippen LogP contribution in [0.25, 0.3) is 0 Å². The van der Waals surface area contributed by atoms with Gasteiger partial charge in [-0.1, -0.05) is 43.5 Å². The van der Waals surface area contributed by atoms with Gasteiger partial charge in [0.1, 0.15) is 0 Å². The van der Waals surface area contributed by atoms with Crippen molar-refractivity contribution in [1.29, 1.82) is 0 Å². The Bertz CT molecular complexity index is 996. The van der Waals surface area contributed by atoms with Gasteiger partial charge in [-0.25, -0.2) is 8.42 Å². The number of amides is 2. The summed E-state index contributed by atoms with van der Waals surface area (Å²) < 4.78 is 24.9. The highest BCUT2D eigenvalue weighted by atomic mass is 35.5. The second kappa shape index (κ2) is 8.55. The first-order valence-corrected chi connectivity index (χ1v) is 11.4. The van der Waals surface area contributed by atoms with E-state index in [1.165, 1.54) is 24.3 Å². The number of aryl methyl sites for hydroxylation is 1. The van der Waals surface area contributed by atoms with Crippen LogP contribution in [-0.4, -0.2) is 25.0 Å². The van der Waals surface area contributed by atoms with Crippen LogP contribution in [0.1, 0.15) is 48.5 Å². The van der Waals surface area contributed by atoms with E-state index < -0.39 is 26.4 Å². The van der Waals surface area contributed by atoms with Crippen molar-refractivity contribution in [2.75, 3.05) is 0 Å². The van der Waals surface area contributed by atoms with E-state index in [9.17, 15) is 18.0 Å². The minimum Gasteiger partial charge on any atom is -0.271 e. The molecule has 2 N–H and O–H groups in total. The summed E-state index contributed by atoms with van der Waals surface area (Å²) in [5.74, 6) is -1.22. The zero-order chi connectivity index (χ0) is 21.1. The molecule has 2 aromatic carbocycles. The zero-order valence-corrected chi connectivity index (χ0v) is 17.6. The lowest BCUT2D eigenvalue weighted by Gasteiger charge is -2.27. The summed E-state index contributed by atoms with van der Waals surface area (Å²) in [6.07, 6.45) is 2.48. The molecule has 1 aliphatic carbocycles. The maximum absolute atomic E-state index is 13.3. The van der Waals surface area contributed by atoms with E-state index in [1.807, 2.05) is 19.1 Å². The summed E-state index contributed by atoms with van der Waals surface area (Å²) in [5, 5.41) is 0.412. The lowest BCUT2D eigenvalue weighted by molar-refractivity contribution is -0.124. The molecule has 3 rings (SSSR count). The third kappa shape index (κ3) is 4.16. The van der Waals surface area contributed by atoms with Crippen LogP contribution in [0.4, 0.5) is 0 Å². The summed E-state index contributed by atoms with van der Waals surface area (Å²) in [6, 6.07) is 12.8. The van der Waals surface area contributed by atoms with Gasteiger partial charge in [-0.3, -0.25) is 20.4 Å². The maximum Gasteiger partial charge on any atom is 0.269 e. The molecule has 29 heavy (non-hydrogen) atoms. The van der Waals surface area contributed by atoms with Gasteiger partial charge in [0.15, 0.2) is 14.6 Å². The van der Waals surface area contributed by atoms with Crippen molar-refractivity contribution >= 4 is 33.3 Å². The van der Waals surface area contributed by atoms with Gasteiger partial charge >= 0.3 is 0 Å². The minimum atomic E-state index is -3.96. The van der Waals surface area contributed by atoms with Crippen molar-refractivity contribution in [1.82, 2.24) is 10.9 Å². The third-order valence-corrected chi connectivity index (χ3v) is 8.14. The zero-order valence-electron chi connectivity index (χ0n) is 16.1. The van der Waals surface area contributed by atoms with E-state index in [4.69, 9.17) is 11.6 Å². The number of hydrazine groups is 1. The predicted molar refractivity (Wildman–Crippen MR) is 111 cm³/mol. The molecule has 2 amide bonds. The fraction of sp³-hybridized carbons (Fsp3) is 0.333. The summed E-state index contributed by atoms with van der Waals surface area (Å²) in [4.78, 5) is 25.3. The quantitative estimate of drug-likeness (QED) is 0.705. The van der Waals surface area contributed by atoms with Crippen LogP contribution in [0.2, 0.25) is 5.02 Å². The van der Waals surface area contributed by atoms with Crippen LogP contribution in [0.5, 0.6) is 0 Å². The number of sulfone groups is 1. The Hall–Kier alpha value is -2.38. The van der Waals surface area contributed by atoms with Crippen molar-refractivity contribution in [3.63, 3.8) is 0 Å². The van der Waals surface area contributed by atoms with E-state index in [0.29, 0.717) is 23.4 Å². The molecule has 0 spiro atoms. The number of benzene rings is 2. The van der Waals surface area contributed by atoms with Gasteiger partial charge < -0.3 is 0 Å². The van der Waals surface area contributed by atoms with Crippen molar-refractivity contribution in [3.8, 4) is 0 Å². The van der Waals surface area contributed by atoms with E-state index in [1.54, 1.807) is 12.1 Å². The largest absolute Gasteiger partial charge is 0.271 e. The van der Waals surface area contributed by atoms with Crippen molar-refractivity contribution in [2.45, 2.75) is 48.7 Å². The number of nitrogens with one attached hydrogen (secondary N) is 2. The highest BCUT2D eigenvalue weighted by molar-refractivity contribution is 7.93. The maximum atomic E-state index is 13.3. The molecule has 0 aromatic heterocycles. The number of hydrogen-bond donors (Lipinski definition) is 2. The summed E-state index contributed by atoms with van der Waals surface area (Å²) in [7, 11) is -3.96. The van der Waals surface area contributed by atoms with Gasteiger partial charge in [-0.05, 0) is 61.2 Å². The fourth-order valence-corrected chi connectivity index (χ4v) is 5.79. The van der Waals surface area contributed by atoms with E-state index in [2.05, 4.69) is 10.9 Å². The first-order valence-electron chi connectivity index (χ1n) is 9.50. The van der Waals surface area contributed by atoms with Crippen LogP contribution in [0, 0.1) is 0 Å². The Labute approximate surface area is 175 Å². The first kappa shape index (κ1) is 21.3. The van der Waals surface area contributed by atoms with E-state index in [0.717, 1.165) is 12.0 Å². The highest BCUT2D eigenvalue weighted by Gasteiger charge is 2.53. The average molecular weight is 435 g/mol. The minimum absolute atomic E-state index is 0.0421. The van der Waals surface area contributed by atoms with Gasteiger partial charge in [0.25, 0.3) is 11.8 Å². The van der Waals surface area contributed by atoms with Gasteiger partial charge in [0.05, 0.1) is 4.90 Å². The topological polar surface area (TPSA) is 92.3 Å². The molecule has 1 saturated carbocycles. The van der Waals surface area contributed by atoms with Crippen molar-refractivity contribution < 1.29 is 18.0 Å². The van der Waals surface area contributed by atoms with E-state index in [-0.39, 0.29) is 17.7 Å². The van der Waals surface area contributed by atoms with E-state index >= 15 is 0 Å². The predicted octanol–water partition coefficient (Wildman–Crippen LogP) is 3.45. The Morgan fingerprint density at radius 3 is 2.10 bits per heavy atom. The summed E-state index contributed by atoms with van der Waals surface area (Å²) in [6.45, 7) is 2.01. The van der Waals surface area contributed by atoms with Crippen LogP contribution < -0.4 is 10.9 Å². The molecule has 0 unspecified atom stereocenters. The second-order valence-corrected chi connectivity index (χ2v) is 9.81. The Morgan fingerprint density at radius 1 is 0.966 bits per heavy atom. The molecule has 0 saturated heterocycles. The molecule has 0 bridgehead atoms. The smallest absolute Gasteiger partial charge is 0.269 e. The third-order valence-electron chi connectivity index (χ3n) is 5.38. The van der Waals surface area contributed by atoms with Crippen LogP contribution >= 0.6 is 11.6 Å². The van der Waals surface area contributed by atoms with Crippen LogP contribution in [0.15, 0.2) is 53.4 Å². The summed E-state index contributed by atoms with van der Waals surface area (Å²) in [5.41, 5.74) is 6.15. The molecule has 1 fully saturated rings. The molecule has 0 atom stereocenters. The Morgan fingerprint density at radius 2 is 1.55 bits per heavy atom. The molecule has 1 aliphatic rings. The number of hydrogen-bond acceptors (Lipinski definition) is 4. The lowest BCUT2D eigenvalue weighted by atomic mass is 10.1. The van der Waals surface area contributed by atoms with Crippen LogP contribution in [0.3, 0.4) is 0 Å².